The molecule has 1 atom stereocenters. The van der Waals surface area contributed by atoms with Gasteiger partial charge in [-0.2, -0.15) is 0 Å². The van der Waals surface area contributed by atoms with Crippen molar-refractivity contribution < 1.29 is 4.79 Å². The highest BCUT2D eigenvalue weighted by molar-refractivity contribution is 8.02. The molecule has 0 aliphatic carbocycles. The Bertz CT molecular complexity index is 627. The number of carbonyl (C=O) groups is 1. The molecule has 0 aliphatic rings. The second-order valence-electron chi connectivity index (χ2n) is 4.47. The number of aromatic nitrogens is 2. The van der Waals surface area contributed by atoms with Gasteiger partial charge in [0, 0.05) is 5.69 Å². The zero-order valence-electron chi connectivity index (χ0n) is 11.5. The zero-order valence-corrected chi connectivity index (χ0v) is 13.1. The summed E-state index contributed by atoms with van der Waals surface area (Å²) in [7, 11) is 0. The number of anilines is 2. The standard InChI is InChI=1S/C13H16N4OS2/c1-7-4-5-10(8(2)6-7)15-11(18)9(3)19-13-17-16-12(14)20-13/h4-6,9H,1-3H3,(H2,14,16)(H,15,18). The van der Waals surface area contributed by atoms with Crippen molar-refractivity contribution in [3.63, 3.8) is 0 Å². The van der Waals surface area contributed by atoms with E-state index in [4.69, 9.17) is 5.73 Å². The summed E-state index contributed by atoms with van der Waals surface area (Å²) in [4.78, 5) is 12.2. The van der Waals surface area contributed by atoms with Crippen molar-refractivity contribution >= 4 is 39.8 Å². The summed E-state index contributed by atoms with van der Waals surface area (Å²) in [6.07, 6.45) is 0. The third-order valence-electron chi connectivity index (χ3n) is 2.71. The number of amides is 1. The average Bonchev–Trinajstić information content (AvgIpc) is 2.78. The van der Waals surface area contributed by atoms with Crippen LogP contribution in [0.3, 0.4) is 0 Å². The molecular formula is C13H16N4OS2. The molecule has 3 N–H and O–H groups in total. The number of hydrogen-bond donors (Lipinski definition) is 2. The van der Waals surface area contributed by atoms with Crippen molar-refractivity contribution in [1.29, 1.82) is 0 Å². The Labute approximate surface area is 126 Å². The molecule has 20 heavy (non-hydrogen) atoms. The molecule has 1 heterocycles. The molecule has 0 spiro atoms. The minimum absolute atomic E-state index is 0.0595. The number of aryl methyl sites for hydroxylation is 2. The molecule has 0 bridgehead atoms. The molecule has 1 amide bonds. The minimum Gasteiger partial charge on any atom is -0.374 e. The van der Waals surface area contributed by atoms with Gasteiger partial charge < -0.3 is 11.1 Å². The summed E-state index contributed by atoms with van der Waals surface area (Å²) in [6.45, 7) is 5.84. The van der Waals surface area contributed by atoms with Gasteiger partial charge in [-0.15, -0.1) is 10.2 Å². The lowest BCUT2D eigenvalue weighted by Crippen LogP contribution is -2.22. The second kappa shape index (κ2) is 6.23. The number of nitrogen functional groups attached to an aromatic ring is 1. The van der Waals surface area contributed by atoms with E-state index in [1.165, 1.54) is 28.7 Å². The van der Waals surface area contributed by atoms with Crippen LogP contribution in [0.2, 0.25) is 0 Å². The summed E-state index contributed by atoms with van der Waals surface area (Å²) in [5.74, 6) is -0.0595. The van der Waals surface area contributed by atoms with Gasteiger partial charge >= 0.3 is 0 Å². The molecule has 7 heteroatoms. The molecule has 1 aromatic carbocycles. The molecule has 5 nitrogen and oxygen atoms in total. The van der Waals surface area contributed by atoms with E-state index in [1.807, 2.05) is 39.0 Å². The van der Waals surface area contributed by atoms with E-state index in [2.05, 4.69) is 15.5 Å². The van der Waals surface area contributed by atoms with Crippen LogP contribution in [0, 0.1) is 13.8 Å². The summed E-state index contributed by atoms with van der Waals surface area (Å²) in [5.41, 5.74) is 8.58. The number of nitrogens with zero attached hydrogens (tertiary/aromatic N) is 2. The molecule has 2 rings (SSSR count). The van der Waals surface area contributed by atoms with Crippen LogP contribution in [0.25, 0.3) is 0 Å². The summed E-state index contributed by atoms with van der Waals surface area (Å²) in [5, 5.41) is 10.7. The number of hydrogen-bond acceptors (Lipinski definition) is 6. The normalized spacial score (nSPS) is 12.2. The highest BCUT2D eigenvalue weighted by Gasteiger charge is 2.17. The highest BCUT2D eigenvalue weighted by Crippen LogP contribution is 2.28. The Kier molecular flexibility index (Phi) is 4.61. The lowest BCUT2D eigenvalue weighted by Gasteiger charge is -2.12. The van der Waals surface area contributed by atoms with Crippen LogP contribution in [-0.2, 0) is 4.79 Å². The third kappa shape index (κ3) is 3.71. The lowest BCUT2D eigenvalue weighted by molar-refractivity contribution is -0.115. The van der Waals surface area contributed by atoms with E-state index < -0.39 is 0 Å². The molecule has 1 unspecified atom stereocenters. The van der Waals surface area contributed by atoms with E-state index in [0.29, 0.717) is 9.47 Å². The number of nitrogens with one attached hydrogen (secondary N) is 1. The summed E-state index contributed by atoms with van der Waals surface area (Å²) < 4.78 is 0.700. The smallest absolute Gasteiger partial charge is 0.237 e. The largest absolute Gasteiger partial charge is 0.374 e. The number of rotatable bonds is 4. The molecule has 1 aromatic heterocycles. The predicted octanol–water partition coefficient (Wildman–Crippen LogP) is 2.86. The summed E-state index contributed by atoms with van der Waals surface area (Å²) >= 11 is 2.64. The second-order valence-corrected chi connectivity index (χ2v) is 7.07. The van der Waals surface area contributed by atoms with Gasteiger partial charge in [0.2, 0.25) is 11.0 Å². The maximum atomic E-state index is 12.2. The maximum absolute atomic E-state index is 12.2. The minimum atomic E-state index is -0.261. The van der Waals surface area contributed by atoms with Crippen molar-refractivity contribution in [2.75, 3.05) is 11.1 Å². The van der Waals surface area contributed by atoms with Crippen molar-refractivity contribution in [2.24, 2.45) is 0 Å². The average molecular weight is 308 g/mol. The van der Waals surface area contributed by atoms with E-state index >= 15 is 0 Å². The van der Waals surface area contributed by atoms with Crippen LogP contribution in [-0.4, -0.2) is 21.4 Å². The topological polar surface area (TPSA) is 80.9 Å². The van der Waals surface area contributed by atoms with Gasteiger partial charge in [0.1, 0.15) is 0 Å². The van der Waals surface area contributed by atoms with Crippen LogP contribution in [0.1, 0.15) is 18.1 Å². The van der Waals surface area contributed by atoms with Crippen LogP contribution in [0.15, 0.2) is 22.5 Å². The Hall–Kier alpha value is -1.60. The van der Waals surface area contributed by atoms with Crippen molar-refractivity contribution in [1.82, 2.24) is 10.2 Å². The van der Waals surface area contributed by atoms with Gasteiger partial charge in [0.25, 0.3) is 0 Å². The SMILES string of the molecule is Cc1ccc(NC(=O)C(C)Sc2nnc(N)s2)c(C)c1. The molecule has 0 fully saturated rings. The van der Waals surface area contributed by atoms with Crippen LogP contribution >= 0.6 is 23.1 Å². The Morgan fingerprint density at radius 2 is 2.15 bits per heavy atom. The quantitative estimate of drug-likeness (QED) is 0.849. The van der Waals surface area contributed by atoms with E-state index in [-0.39, 0.29) is 11.2 Å². The van der Waals surface area contributed by atoms with Gasteiger partial charge in [0.15, 0.2) is 4.34 Å². The highest BCUT2D eigenvalue weighted by atomic mass is 32.2. The Balaban J connectivity index is 2.00. The van der Waals surface area contributed by atoms with Gasteiger partial charge in [-0.1, -0.05) is 40.8 Å². The first-order chi connectivity index (χ1) is 9.45. The zero-order chi connectivity index (χ0) is 14.7. The van der Waals surface area contributed by atoms with Crippen molar-refractivity contribution in [2.45, 2.75) is 30.4 Å². The fourth-order valence-electron chi connectivity index (χ4n) is 1.66. The number of carbonyl (C=O) groups excluding carboxylic acids is 1. The van der Waals surface area contributed by atoms with Gasteiger partial charge in [-0.25, -0.2) is 0 Å². The van der Waals surface area contributed by atoms with Crippen molar-refractivity contribution in [3.05, 3.63) is 29.3 Å². The van der Waals surface area contributed by atoms with Gasteiger partial charge in [-0.3, -0.25) is 4.79 Å². The third-order valence-corrected chi connectivity index (χ3v) is 4.65. The molecule has 0 saturated heterocycles. The van der Waals surface area contributed by atoms with Crippen LogP contribution in [0.4, 0.5) is 10.8 Å². The molecule has 2 aromatic rings. The number of thioether (sulfide) groups is 1. The first-order valence-electron chi connectivity index (χ1n) is 6.09. The molecule has 106 valence electrons. The fraction of sp³-hybridized carbons (Fsp3) is 0.308. The number of benzene rings is 1. The molecule has 0 saturated carbocycles. The summed E-state index contributed by atoms with van der Waals surface area (Å²) in [6, 6.07) is 5.94. The van der Waals surface area contributed by atoms with Crippen LogP contribution < -0.4 is 11.1 Å². The molecule has 0 radical (unpaired) electrons. The van der Waals surface area contributed by atoms with E-state index in [9.17, 15) is 4.79 Å². The fourth-order valence-corrected chi connectivity index (χ4v) is 3.44. The van der Waals surface area contributed by atoms with E-state index in [0.717, 1.165) is 11.3 Å². The lowest BCUT2D eigenvalue weighted by atomic mass is 10.1. The van der Waals surface area contributed by atoms with Crippen LogP contribution in [0.5, 0.6) is 0 Å². The Morgan fingerprint density at radius 1 is 1.40 bits per heavy atom. The maximum Gasteiger partial charge on any atom is 0.237 e. The molecular weight excluding hydrogens is 292 g/mol. The van der Waals surface area contributed by atoms with E-state index in [1.54, 1.807) is 0 Å². The molecule has 0 aliphatic heterocycles. The first kappa shape index (κ1) is 14.8. The Morgan fingerprint density at radius 3 is 2.75 bits per heavy atom. The monoisotopic (exact) mass is 308 g/mol. The predicted molar refractivity (Wildman–Crippen MR) is 84.2 cm³/mol. The van der Waals surface area contributed by atoms with Crippen molar-refractivity contribution in [3.8, 4) is 0 Å². The van der Waals surface area contributed by atoms with Gasteiger partial charge in [0.05, 0.1) is 5.25 Å². The van der Waals surface area contributed by atoms with Gasteiger partial charge in [-0.05, 0) is 32.4 Å². The first-order valence-corrected chi connectivity index (χ1v) is 7.79. The number of nitrogens with two attached hydrogens (primary N) is 1.